The molecule has 1 aliphatic rings. The smallest absolute Gasteiger partial charge is 0.317 e. The number of hydrogen-bond donors (Lipinski definition) is 2. The van der Waals surface area contributed by atoms with Crippen molar-refractivity contribution in [2.75, 3.05) is 38.6 Å². The number of urea groups is 1. The van der Waals surface area contributed by atoms with Gasteiger partial charge in [0.2, 0.25) is 0 Å². The van der Waals surface area contributed by atoms with Crippen molar-refractivity contribution < 1.29 is 27.5 Å². The second-order valence-electron chi connectivity index (χ2n) is 10.1. The molecule has 0 radical (unpaired) electrons. The minimum atomic E-state index is -3.92. The van der Waals surface area contributed by atoms with E-state index in [0.717, 1.165) is 0 Å². The fourth-order valence-electron chi connectivity index (χ4n) is 4.28. The summed E-state index contributed by atoms with van der Waals surface area (Å²) in [7, 11) is -0.664. The highest BCUT2D eigenvalue weighted by Gasteiger charge is 2.30. The van der Waals surface area contributed by atoms with Crippen LogP contribution in [0.2, 0.25) is 5.02 Å². The summed E-state index contributed by atoms with van der Waals surface area (Å²) in [5.74, 6) is -0.176. The summed E-state index contributed by atoms with van der Waals surface area (Å²) in [6.07, 6.45) is -0.324. The van der Waals surface area contributed by atoms with Gasteiger partial charge < -0.3 is 24.6 Å². The summed E-state index contributed by atoms with van der Waals surface area (Å²) in [4.78, 5) is 29.8. The van der Waals surface area contributed by atoms with Crippen LogP contribution in [0.1, 0.15) is 38.1 Å². The molecule has 0 aromatic heterocycles. The number of hydrogen-bond acceptors (Lipinski definition) is 6. The molecule has 0 aliphatic carbocycles. The molecule has 2 aromatic rings. The third-order valence-electron chi connectivity index (χ3n) is 6.50. The van der Waals surface area contributed by atoms with E-state index in [-0.39, 0.29) is 71.1 Å². The first-order valence-electron chi connectivity index (χ1n) is 12.7. The molecule has 3 rings (SSSR count). The molecule has 2 N–H and O–H groups in total. The molecule has 1 heterocycles. The number of nitrogens with one attached hydrogen (secondary N) is 2. The van der Waals surface area contributed by atoms with E-state index >= 15 is 0 Å². The zero-order valence-electron chi connectivity index (χ0n) is 23.1. The third kappa shape index (κ3) is 7.77. The number of methoxy groups -OCH3 is 1. The number of sulfonamides is 1. The highest BCUT2D eigenvalue weighted by molar-refractivity contribution is 7.92. The SMILES string of the molecule is CO[C@H]1CN(C)C(=O)c2ccc(NS(=O)(=O)c3ccc(Cl)cc3)cc2OC[C@H](C)N(C(=O)NC(C)C)C[C@H]1C. The lowest BCUT2D eigenvalue weighted by molar-refractivity contribution is 0.0165. The quantitative estimate of drug-likeness (QED) is 0.551. The molecule has 39 heavy (non-hydrogen) atoms. The first-order valence-corrected chi connectivity index (χ1v) is 14.6. The van der Waals surface area contributed by atoms with E-state index in [4.69, 9.17) is 21.1 Å². The number of fused-ring (bicyclic) bond motifs is 1. The zero-order chi connectivity index (χ0) is 28.9. The second kappa shape index (κ2) is 12.9. The number of carbonyl (C=O) groups is 2. The number of carbonyl (C=O) groups excluding carboxylic acids is 2. The molecule has 0 saturated heterocycles. The van der Waals surface area contributed by atoms with Gasteiger partial charge in [-0.25, -0.2) is 13.2 Å². The Balaban J connectivity index is 1.97. The largest absolute Gasteiger partial charge is 0.491 e. The Morgan fingerprint density at radius 1 is 1.13 bits per heavy atom. The standard InChI is InChI=1S/C27H37ClN4O6S/c1-17(2)29-27(34)32-14-18(3)25(37-6)15-31(5)26(33)23-12-9-21(13-24(23)38-16-19(32)4)30-39(35,36)22-10-7-20(28)8-11-22/h7-13,17-19,25,30H,14-16H2,1-6H3,(H,29,34)/t18-,19+,25+/m1/s1. The van der Waals surface area contributed by atoms with Gasteiger partial charge in [0.1, 0.15) is 12.4 Å². The van der Waals surface area contributed by atoms with Crippen LogP contribution in [0.5, 0.6) is 5.75 Å². The van der Waals surface area contributed by atoms with Crippen LogP contribution in [0, 0.1) is 5.92 Å². The van der Waals surface area contributed by atoms with Crippen molar-refractivity contribution in [3.8, 4) is 5.75 Å². The normalized spacial score (nSPS) is 20.9. The van der Waals surface area contributed by atoms with E-state index in [1.165, 1.54) is 47.4 Å². The molecule has 0 saturated carbocycles. The predicted octanol–water partition coefficient (Wildman–Crippen LogP) is 4.06. The summed E-state index contributed by atoms with van der Waals surface area (Å²) in [6.45, 7) is 8.37. The monoisotopic (exact) mass is 580 g/mol. The Bertz CT molecular complexity index is 1270. The molecule has 0 spiro atoms. The first kappa shape index (κ1) is 30.5. The molecule has 2 aromatic carbocycles. The average Bonchev–Trinajstić information content (AvgIpc) is 2.87. The summed E-state index contributed by atoms with van der Waals surface area (Å²) in [6, 6.07) is 9.65. The number of rotatable bonds is 5. The summed E-state index contributed by atoms with van der Waals surface area (Å²) in [5.41, 5.74) is 0.483. The Morgan fingerprint density at radius 3 is 2.41 bits per heavy atom. The average molecular weight is 581 g/mol. The summed E-state index contributed by atoms with van der Waals surface area (Å²) in [5, 5.41) is 3.36. The molecular formula is C27H37ClN4O6S. The molecule has 10 nitrogen and oxygen atoms in total. The highest BCUT2D eigenvalue weighted by atomic mass is 35.5. The maximum atomic E-state index is 13.4. The number of ether oxygens (including phenoxy) is 2. The van der Waals surface area contributed by atoms with Gasteiger partial charge in [0.05, 0.1) is 28.3 Å². The maximum absolute atomic E-state index is 13.4. The molecule has 0 unspecified atom stereocenters. The van der Waals surface area contributed by atoms with E-state index in [0.29, 0.717) is 11.6 Å². The predicted molar refractivity (Wildman–Crippen MR) is 151 cm³/mol. The van der Waals surface area contributed by atoms with Crippen LogP contribution in [0.25, 0.3) is 0 Å². The van der Waals surface area contributed by atoms with Crippen molar-refractivity contribution >= 4 is 39.2 Å². The lowest BCUT2D eigenvalue weighted by Crippen LogP contribution is -2.52. The van der Waals surface area contributed by atoms with Crippen LogP contribution in [0.15, 0.2) is 47.4 Å². The number of likely N-dealkylation sites (N-methyl/N-ethyl adjacent to an activating group) is 1. The van der Waals surface area contributed by atoms with Crippen molar-refractivity contribution in [1.82, 2.24) is 15.1 Å². The van der Waals surface area contributed by atoms with Gasteiger partial charge >= 0.3 is 6.03 Å². The topological polar surface area (TPSA) is 117 Å². The Hall–Kier alpha value is -3.02. The van der Waals surface area contributed by atoms with Crippen molar-refractivity contribution in [3.05, 3.63) is 53.1 Å². The lowest BCUT2D eigenvalue weighted by atomic mass is 10.0. The zero-order valence-corrected chi connectivity index (χ0v) is 24.7. The van der Waals surface area contributed by atoms with Crippen LogP contribution < -0.4 is 14.8 Å². The van der Waals surface area contributed by atoms with E-state index in [1.807, 2.05) is 27.7 Å². The molecule has 3 amide bonds. The van der Waals surface area contributed by atoms with Gasteiger partial charge in [-0.05, 0) is 57.2 Å². The summed E-state index contributed by atoms with van der Waals surface area (Å²) >= 11 is 5.89. The van der Waals surface area contributed by atoms with Crippen LogP contribution in [0.4, 0.5) is 10.5 Å². The van der Waals surface area contributed by atoms with Crippen LogP contribution in [-0.2, 0) is 14.8 Å². The number of anilines is 1. The minimum absolute atomic E-state index is 0.0385. The minimum Gasteiger partial charge on any atom is -0.491 e. The molecule has 214 valence electrons. The van der Waals surface area contributed by atoms with Crippen LogP contribution >= 0.6 is 11.6 Å². The van der Waals surface area contributed by atoms with Gasteiger partial charge in [-0.2, -0.15) is 0 Å². The Labute approximate surface area is 235 Å². The van der Waals surface area contributed by atoms with E-state index in [1.54, 1.807) is 19.1 Å². The van der Waals surface area contributed by atoms with Crippen molar-refractivity contribution in [3.63, 3.8) is 0 Å². The van der Waals surface area contributed by atoms with Gasteiger partial charge in [-0.3, -0.25) is 9.52 Å². The number of amides is 3. The molecule has 0 fully saturated rings. The van der Waals surface area contributed by atoms with Crippen LogP contribution in [-0.4, -0.2) is 82.2 Å². The fourth-order valence-corrected chi connectivity index (χ4v) is 5.45. The third-order valence-corrected chi connectivity index (χ3v) is 8.15. The van der Waals surface area contributed by atoms with Crippen molar-refractivity contribution in [1.29, 1.82) is 0 Å². The number of halogens is 1. The number of nitrogens with zero attached hydrogens (tertiary/aromatic N) is 2. The van der Waals surface area contributed by atoms with Gasteiger partial charge in [0.25, 0.3) is 15.9 Å². The molecule has 0 bridgehead atoms. The second-order valence-corrected chi connectivity index (χ2v) is 12.2. The van der Waals surface area contributed by atoms with E-state index in [9.17, 15) is 18.0 Å². The molecule has 1 aliphatic heterocycles. The van der Waals surface area contributed by atoms with Gasteiger partial charge in [0.15, 0.2) is 0 Å². The highest BCUT2D eigenvalue weighted by Crippen LogP contribution is 2.28. The fraction of sp³-hybridized carbons (Fsp3) is 0.481. The first-order chi connectivity index (χ1) is 18.3. The molecule has 3 atom stereocenters. The maximum Gasteiger partial charge on any atom is 0.317 e. The number of benzene rings is 2. The summed E-state index contributed by atoms with van der Waals surface area (Å²) < 4.78 is 40.2. The van der Waals surface area contributed by atoms with Crippen LogP contribution in [0.3, 0.4) is 0 Å². The van der Waals surface area contributed by atoms with E-state index in [2.05, 4.69) is 10.0 Å². The van der Waals surface area contributed by atoms with Crippen molar-refractivity contribution in [2.45, 2.75) is 50.8 Å². The molecular weight excluding hydrogens is 544 g/mol. The van der Waals surface area contributed by atoms with E-state index < -0.39 is 10.0 Å². The van der Waals surface area contributed by atoms with Crippen molar-refractivity contribution in [2.24, 2.45) is 5.92 Å². The Kier molecular flexibility index (Phi) is 10.1. The van der Waals surface area contributed by atoms with Gasteiger partial charge in [-0.1, -0.05) is 18.5 Å². The van der Waals surface area contributed by atoms with Gasteiger partial charge in [0, 0.05) is 50.3 Å². The Morgan fingerprint density at radius 2 is 1.79 bits per heavy atom. The molecule has 12 heteroatoms. The lowest BCUT2D eigenvalue weighted by Gasteiger charge is -2.36. The van der Waals surface area contributed by atoms with Gasteiger partial charge in [-0.15, -0.1) is 0 Å².